The van der Waals surface area contributed by atoms with Crippen molar-refractivity contribution in [2.45, 2.75) is 6.42 Å². The predicted octanol–water partition coefficient (Wildman–Crippen LogP) is -0.400. The van der Waals surface area contributed by atoms with Crippen LogP contribution in [-0.4, -0.2) is 26.7 Å². The quantitative estimate of drug-likeness (QED) is 0.446. The van der Waals surface area contributed by atoms with E-state index in [9.17, 15) is 12.3 Å². The Morgan fingerprint density at radius 2 is 2.11 bits per heavy atom. The SMILES string of the molecule is O=S(=O)(F)OCCCO. The number of aliphatic hydroxyl groups excluding tert-OH is 1. The summed E-state index contributed by atoms with van der Waals surface area (Å²) in [4.78, 5) is 0. The van der Waals surface area contributed by atoms with Crippen molar-refractivity contribution in [1.29, 1.82) is 0 Å². The van der Waals surface area contributed by atoms with Gasteiger partial charge in [0.2, 0.25) is 0 Å². The fraction of sp³-hybridized carbons (Fsp3) is 1.00. The molecule has 0 spiro atoms. The minimum Gasteiger partial charge on any atom is -0.396 e. The van der Waals surface area contributed by atoms with Crippen molar-refractivity contribution in [3.05, 3.63) is 0 Å². The monoisotopic (exact) mass is 158 g/mol. The molecule has 0 aliphatic rings. The van der Waals surface area contributed by atoms with E-state index in [-0.39, 0.29) is 19.6 Å². The van der Waals surface area contributed by atoms with Crippen LogP contribution in [0, 0.1) is 0 Å². The Morgan fingerprint density at radius 1 is 1.56 bits per heavy atom. The van der Waals surface area contributed by atoms with E-state index < -0.39 is 10.5 Å². The molecule has 0 aromatic carbocycles. The van der Waals surface area contributed by atoms with E-state index in [1.807, 2.05) is 0 Å². The first-order valence-corrected chi connectivity index (χ1v) is 3.57. The van der Waals surface area contributed by atoms with E-state index in [4.69, 9.17) is 5.11 Å². The third-order valence-electron chi connectivity index (χ3n) is 0.527. The molecule has 0 amide bonds. The molecular weight excluding hydrogens is 151 g/mol. The van der Waals surface area contributed by atoms with Gasteiger partial charge in [0.1, 0.15) is 0 Å². The van der Waals surface area contributed by atoms with Gasteiger partial charge in [-0.05, 0) is 6.42 Å². The van der Waals surface area contributed by atoms with Crippen LogP contribution in [0.4, 0.5) is 3.89 Å². The summed E-state index contributed by atoms with van der Waals surface area (Å²) in [5.41, 5.74) is 0. The molecular formula is C3H7FO4S. The lowest BCUT2D eigenvalue weighted by Crippen LogP contribution is -2.01. The molecule has 0 saturated carbocycles. The zero-order valence-corrected chi connectivity index (χ0v) is 5.40. The average molecular weight is 158 g/mol. The lowest BCUT2D eigenvalue weighted by molar-refractivity contribution is 0.229. The van der Waals surface area contributed by atoms with E-state index in [2.05, 4.69) is 4.18 Å². The molecule has 0 aliphatic heterocycles. The minimum absolute atomic E-state index is 0.114. The topological polar surface area (TPSA) is 63.6 Å². The van der Waals surface area contributed by atoms with Crippen LogP contribution >= 0.6 is 0 Å². The van der Waals surface area contributed by atoms with Crippen molar-refractivity contribution in [1.82, 2.24) is 0 Å². The highest BCUT2D eigenvalue weighted by Crippen LogP contribution is 1.93. The largest absolute Gasteiger partial charge is 0.437 e. The summed E-state index contributed by atoms with van der Waals surface area (Å²) in [6.45, 7) is -0.523. The maximum absolute atomic E-state index is 11.4. The standard InChI is InChI=1S/C3H7FO4S/c4-9(6,7)8-3-1-2-5/h5H,1-3H2. The van der Waals surface area contributed by atoms with Gasteiger partial charge in [0.15, 0.2) is 0 Å². The molecule has 0 fully saturated rings. The molecule has 0 saturated heterocycles. The first-order chi connectivity index (χ1) is 4.06. The molecule has 0 heterocycles. The van der Waals surface area contributed by atoms with E-state index in [0.717, 1.165) is 0 Å². The van der Waals surface area contributed by atoms with Crippen LogP contribution in [0.25, 0.3) is 0 Å². The fourth-order valence-electron chi connectivity index (χ4n) is 0.223. The zero-order chi connectivity index (χ0) is 7.33. The second-order valence-electron chi connectivity index (χ2n) is 1.29. The second-order valence-corrected chi connectivity index (χ2v) is 2.31. The summed E-state index contributed by atoms with van der Waals surface area (Å²) < 4.78 is 34.1. The molecule has 0 aromatic heterocycles. The third-order valence-corrected chi connectivity index (χ3v) is 0.975. The van der Waals surface area contributed by atoms with Crippen molar-refractivity contribution in [2.24, 2.45) is 0 Å². The van der Waals surface area contributed by atoms with Crippen molar-refractivity contribution in [2.75, 3.05) is 13.2 Å². The first-order valence-electron chi connectivity index (χ1n) is 2.26. The number of halogens is 1. The lowest BCUT2D eigenvalue weighted by atomic mass is 10.5. The Kier molecular flexibility index (Phi) is 3.67. The molecule has 0 unspecified atom stereocenters. The maximum atomic E-state index is 11.4. The van der Waals surface area contributed by atoms with E-state index in [0.29, 0.717) is 0 Å². The number of hydrogen-bond acceptors (Lipinski definition) is 4. The van der Waals surface area contributed by atoms with Gasteiger partial charge in [-0.25, -0.2) is 4.18 Å². The van der Waals surface area contributed by atoms with Gasteiger partial charge in [-0.1, -0.05) is 3.89 Å². The summed E-state index contributed by atoms with van der Waals surface area (Å²) in [6, 6.07) is 0. The highest BCUT2D eigenvalue weighted by Gasteiger charge is 2.04. The average Bonchev–Trinajstić information content (AvgIpc) is 1.63. The molecule has 6 heteroatoms. The molecule has 0 atom stereocenters. The van der Waals surface area contributed by atoms with Crippen LogP contribution in [-0.2, 0) is 14.7 Å². The number of aliphatic hydroxyl groups is 1. The van der Waals surface area contributed by atoms with Crippen molar-refractivity contribution in [3.63, 3.8) is 0 Å². The van der Waals surface area contributed by atoms with Crippen LogP contribution in [0.3, 0.4) is 0 Å². The summed E-state index contributed by atoms with van der Waals surface area (Å²) in [5, 5.41) is 8.07. The maximum Gasteiger partial charge on any atom is 0.437 e. The normalized spacial score (nSPS) is 11.8. The Labute approximate surface area is 52.7 Å². The molecule has 1 N–H and O–H groups in total. The molecule has 4 nitrogen and oxygen atoms in total. The van der Waals surface area contributed by atoms with Gasteiger partial charge < -0.3 is 5.11 Å². The highest BCUT2D eigenvalue weighted by atomic mass is 32.3. The Hall–Kier alpha value is -0.200. The van der Waals surface area contributed by atoms with Crippen LogP contribution in [0.5, 0.6) is 0 Å². The van der Waals surface area contributed by atoms with Crippen molar-refractivity contribution >= 4 is 10.5 Å². The number of rotatable bonds is 4. The molecule has 0 aromatic rings. The first kappa shape index (κ1) is 8.80. The Bertz CT molecular complexity index is 151. The van der Waals surface area contributed by atoms with Gasteiger partial charge in [0.05, 0.1) is 6.61 Å². The summed E-state index contributed by atoms with van der Waals surface area (Å²) in [7, 11) is -4.81. The van der Waals surface area contributed by atoms with Crippen LogP contribution in [0.15, 0.2) is 0 Å². The van der Waals surface area contributed by atoms with Crippen LogP contribution in [0.1, 0.15) is 6.42 Å². The van der Waals surface area contributed by atoms with Crippen molar-refractivity contribution in [3.8, 4) is 0 Å². The van der Waals surface area contributed by atoms with Crippen LogP contribution < -0.4 is 0 Å². The number of hydrogen-bond donors (Lipinski definition) is 1. The predicted molar refractivity (Wildman–Crippen MR) is 27.7 cm³/mol. The van der Waals surface area contributed by atoms with E-state index in [1.165, 1.54) is 0 Å². The summed E-state index contributed by atoms with van der Waals surface area (Å²) in [6.07, 6.45) is 0.114. The van der Waals surface area contributed by atoms with Gasteiger partial charge in [-0.2, -0.15) is 8.42 Å². The summed E-state index contributed by atoms with van der Waals surface area (Å²) >= 11 is 0. The van der Waals surface area contributed by atoms with Crippen molar-refractivity contribution < 1.29 is 21.6 Å². The second kappa shape index (κ2) is 3.76. The van der Waals surface area contributed by atoms with Gasteiger partial charge in [0, 0.05) is 6.61 Å². The zero-order valence-electron chi connectivity index (χ0n) is 4.58. The van der Waals surface area contributed by atoms with Gasteiger partial charge in [-0.15, -0.1) is 0 Å². The van der Waals surface area contributed by atoms with E-state index >= 15 is 0 Å². The third kappa shape index (κ3) is 7.80. The fourth-order valence-corrected chi connectivity index (χ4v) is 0.540. The van der Waals surface area contributed by atoms with Gasteiger partial charge in [0.25, 0.3) is 0 Å². The van der Waals surface area contributed by atoms with Gasteiger partial charge in [-0.3, -0.25) is 0 Å². The molecule has 0 radical (unpaired) electrons. The van der Waals surface area contributed by atoms with E-state index in [1.54, 1.807) is 0 Å². The smallest absolute Gasteiger partial charge is 0.396 e. The molecule has 9 heavy (non-hydrogen) atoms. The lowest BCUT2D eigenvalue weighted by Gasteiger charge is -1.92. The minimum atomic E-state index is -4.81. The molecule has 0 aliphatic carbocycles. The molecule has 0 bridgehead atoms. The Balaban J connectivity index is 3.30. The van der Waals surface area contributed by atoms with Crippen LogP contribution in [0.2, 0.25) is 0 Å². The summed E-state index contributed by atoms with van der Waals surface area (Å²) in [5.74, 6) is 0. The van der Waals surface area contributed by atoms with Gasteiger partial charge >= 0.3 is 10.5 Å². The molecule has 56 valence electrons. The Morgan fingerprint density at radius 3 is 2.44 bits per heavy atom. The molecule has 0 rings (SSSR count). The highest BCUT2D eigenvalue weighted by molar-refractivity contribution is 7.81.